The van der Waals surface area contributed by atoms with Crippen molar-refractivity contribution in [3.05, 3.63) is 29.8 Å². The summed E-state index contributed by atoms with van der Waals surface area (Å²) >= 11 is 0. The number of unbranched alkanes of at least 4 members (excludes halogenated alkanes) is 1. The molecule has 1 aromatic carbocycles. The predicted molar refractivity (Wildman–Crippen MR) is 132 cm³/mol. The first kappa shape index (κ1) is 26.4. The second-order valence-electron chi connectivity index (χ2n) is 9.14. The molecular formula is C24H38N4O5S. The third-order valence-corrected chi connectivity index (χ3v) is 8.09. The van der Waals surface area contributed by atoms with Crippen LogP contribution >= 0.6 is 0 Å². The summed E-state index contributed by atoms with van der Waals surface area (Å²) in [6.45, 7) is 6.19. The number of esters is 1. The van der Waals surface area contributed by atoms with E-state index < -0.39 is 22.0 Å². The molecule has 190 valence electrons. The van der Waals surface area contributed by atoms with Gasteiger partial charge in [-0.15, -0.1) is 0 Å². The summed E-state index contributed by atoms with van der Waals surface area (Å²) in [5, 5.41) is 3.38. The van der Waals surface area contributed by atoms with Gasteiger partial charge in [0.1, 0.15) is 6.04 Å². The highest BCUT2D eigenvalue weighted by atomic mass is 32.2. The van der Waals surface area contributed by atoms with E-state index in [-0.39, 0.29) is 18.2 Å². The van der Waals surface area contributed by atoms with E-state index in [1.165, 1.54) is 20.0 Å². The number of anilines is 1. The van der Waals surface area contributed by atoms with Crippen LogP contribution in [0, 0.1) is 5.92 Å². The van der Waals surface area contributed by atoms with E-state index in [1.54, 1.807) is 4.90 Å². The maximum atomic E-state index is 12.9. The minimum atomic E-state index is -3.58. The van der Waals surface area contributed by atoms with Crippen LogP contribution in [0.5, 0.6) is 0 Å². The van der Waals surface area contributed by atoms with Crippen molar-refractivity contribution in [2.24, 2.45) is 5.92 Å². The second-order valence-corrected chi connectivity index (χ2v) is 11.0. The van der Waals surface area contributed by atoms with Gasteiger partial charge in [-0.2, -0.15) is 0 Å². The predicted octanol–water partition coefficient (Wildman–Crippen LogP) is 2.12. The Morgan fingerprint density at radius 1 is 1.21 bits per heavy atom. The highest BCUT2D eigenvalue weighted by Gasteiger charge is 2.30. The minimum absolute atomic E-state index is 0.0257. The fraction of sp³-hybridized carbons (Fsp3) is 0.667. The summed E-state index contributed by atoms with van der Waals surface area (Å²) in [5.74, 6) is 0.0361. The van der Waals surface area contributed by atoms with Crippen molar-refractivity contribution < 1.29 is 22.7 Å². The number of nitrogens with zero attached hydrogens (tertiary/aromatic N) is 2. The average molecular weight is 495 g/mol. The molecule has 0 radical (unpaired) electrons. The molecule has 2 amide bonds. The first-order chi connectivity index (χ1) is 16.3. The lowest BCUT2D eigenvalue weighted by Crippen LogP contribution is -2.43. The molecule has 10 heteroatoms. The molecular weight excluding hydrogens is 456 g/mol. The van der Waals surface area contributed by atoms with Gasteiger partial charge >= 0.3 is 12.0 Å². The standard InChI is InChI=1S/C24H38N4O5S/c1-3-4-17-34(31,32)26-22(23(29)33-2)18-20-5-7-21(8-6-20)28-16-15-27(24(28)30)14-11-19-9-12-25-13-10-19/h5-8,19,22,25-26H,3-4,9-18H2,1-2H3. The first-order valence-electron chi connectivity index (χ1n) is 12.3. The quantitative estimate of drug-likeness (QED) is 0.431. The molecule has 3 rings (SSSR count). The number of carbonyl (C=O) groups excluding carboxylic acids is 2. The SMILES string of the molecule is CCCCS(=O)(=O)NC(Cc1ccc(N2CCN(CCC3CCNCC3)C2=O)cc1)C(=O)OC. The molecule has 0 spiro atoms. The molecule has 0 aliphatic carbocycles. The molecule has 1 unspecified atom stereocenters. The third-order valence-electron chi connectivity index (χ3n) is 6.62. The summed E-state index contributed by atoms with van der Waals surface area (Å²) in [6, 6.07) is 6.40. The molecule has 2 aliphatic rings. The number of ether oxygens (including phenoxy) is 1. The van der Waals surface area contributed by atoms with E-state index in [0.717, 1.165) is 50.3 Å². The Hall–Kier alpha value is -2.17. The van der Waals surface area contributed by atoms with Gasteiger partial charge in [0.25, 0.3) is 0 Å². The minimum Gasteiger partial charge on any atom is -0.468 e. The van der Waals surface area contributed by atoms with Crippen molar-refractivity contribution in [2.75, 3.05) is 50.5 Å². The third kappa shape index (κ3) is 7.41. The van der Waals surface area contributed by atoms with Crippen LogP contribution in [0.1, 0.15) is 44.6 Å². The second kappa shape index (κ2) is 12.5. The number of sulfonamides is 1. The Morgan fingerprint density at radius 2 is 1.91 bits per heavy atom. The maximum Gasteiger partial charge on any atom is 0.324 e. The molecule has 0 bridgehead atoms. The molecule has 9 nitrogen and oxygen atoms in total. The number of methoxy groups -OCH3 is 1. The summed E-state index contributed by atoms with van der Waals surface area (Å²) < 4.78 is 31.9. The van der Waals surface area contributed by atoms with Crippen molar-refractivity contribution >= 4 is 27.7 Å². The topological polar surface area (TPSA) is 108 Å². The van der Waals surface area contributed by atoms with Gasteiger partial charge in [0.2, 0.25) is 10.0 Å². The summed E-state index contributed by atoms with van der Waals surface area (Å²) in [7, 11) is -2.33. The highest BCUT2D eigenvalue weighted by Crippen LogP contribution is 2.23. The monoisotopic (exact) mass is 494 g/mol. The lowest BCUT2D eigenvalue weighted by Gasteiger charge is -2.25. The van der Waals surface area contributed by atoms with Crippen LogP contribution in [-0.2, 0) is 26.0 Å². The van der Waals surface area contributed by atoms with Gasteiger partial charge in [-0.25, -0.2) is 17.9 Å². The van der Waals surface area contributed by atoms with Crippen LogP contribution in [0.2, 0.25) is 0 Å². The van der Waals surface area contributed by atoms with Crippen LogP contribution in [0.15, 0.2) is 24.3 Å². The van der Waals surface area contributed by atoms with Gasteiger partial charge in [-0.1, -0.05) is 25.5 Å². The molecule has 0 saturated carbocycles. The van der Waals surface area contributed by atoms with Crippen LogP contribution in [-0.4, -0.2) is 76.9 Å². The zero-order valence-electron chi connectivity index (χ0n) is 20.3. The van der Waals surface area contributed by atoms with Crippen molar-refractivity contribution in [2.45, 2.75) is 51.5 Å². The summed E-state index contributed by atoms with van der Waals surface area (Å²) in [5.41, 5.74) is 1.59. The number of carbonyl (C=O) groups is 2. The maximum absolute atomic E-state index is 12.9. The Morgan fingerprint density at radius 3 is 2.56 bits per heavy atom. The number of hydrogen-bond donors (Lipinski definition) is 2. The van der Waals surface area contributed by atoms with E-state index in [4.69, 9.17) is 4.74 Å². The number of urea groups is 1. The number of amides is 2. The zero-order valence-corrected chi connectivity index (χ0v) is 21.1. The van der Waals surface area contributed by atoms with Gasteiger partial charge in [-0.3, -0.25) is 9.69 Å². The van der Waals surface area contributed by atoms with Crippen LogP contribution < -0.4 is 14.9 Å². The van der Waals surface area contributed by atoms with Crippen molar-refractivity contribution in [3.8, 4) is 0 Å². The van der Waals surface area contributed by atoms with Gasteiger partial charge in [0.05, 0.1) is 12.9 Å². The average Bonchev–Trinajstić information content (AvgIpc) is 3.21. The normalized spacial score (nSPS) is 18.4. The zero-order chi connectivity index (χ0) is 24.6. The van der Waals surface area contributed by atoms with E-state index >= 15 is 0 Å². The molecule has 0 aromatic heterocycles. The number of rotatable bonds is 12. The van der Waals surface area contributed by atoms with Gasteiger partial charge in [0, 0.05) is 25.3 Å². The van der Waals surface area contributed by atoms with Crippen molar-refractivity contribution in [3.63, 3.8) is 0 Å². The number of benzene rings is 1. The molecule has 1 atom stereocenters. The Kier molecular flexibility index (Phi) is 9.73. The van der Waals surface area contributed by atoms with E-state index in [0.29, 0.717) is 18.9 Å². The van der Waals surface area contributed by atoms with Gasteiger partial charge < -0.3 is 15.0 Å². The molecule has 2 fully saturated rings. The Bertz CT molecular complexity index is 916. The summed E-state index contributed by atoms with van der Waals surface area (Å²) in [4.78, 5) is 28.8. The fourth-order valence-electron chi connectivity index (χ4n) is 4.51. The largest absolute Gasteiger partial charge is 0.468 e. The lowest BCUT2D eigenvalue weighted by molar-refractivity contribution is -0.142. The van der Waals surface area contributed by atoms with Gasteiger partial charge in [0.15, 0.2) is 0 Å². The number of hydrogen-bond acceptors (Lipinski definition) is 6. The van der Waals surface area contributed by atoms with E-state index in [1.807, 2.05) is 36.1 Å². The first-order valence-corrected chi connectivity index (χ1v) is 13.9. The van der Waals surface area contributed by atoms with Crippen LogP contribution in [0.25, 0.3) is 0 Å². The summed E-state index contributed by atoms with van der Waals surface area (Å²) in [6.07, 6.45) is 4.84. The Balaban J connectivity index is 1.57. The lowest BCUT2D eigenvalue weighted by atomic mass is 9.94. The Labute approximate surface area is 203 Å². The molecule has 2 N–H and O–H groups in total. The number of nitrogens with one attached hydrogen (secondary N) is 2. The van der Waals surface area contributed by atoms with Crippen molar-refractivity contribution in [1.29, 1.82) is 0 Å². The molecule has 2 saturated heterocycles. The van der Waals surface area contributed by atoms with Crippen LogP contribution in [0.4, 0.5) is 10.5 Å². The molecule has 34 heavy (non-hydrogen) atoms. The molecule has 2 heterocycles. The van der Waals surface area contributed by atoms with E-state index in [9.17, 15) is 18.0 Å². The fourth-order valence-corrected chi connectivity index (χ4v) is 5.91. The van der Waals surface area contributed by atoms with Crippen LogP contribution in [0.3, 0.4) is 0 Å². The van der Waals surface area contributed by atoms with E-state index in [2.05, 4.69) is 10.0 Å². The van der Waals surface area contributed by atoms with Gasteiger partial charge in [-0.05, 0) is 68.8 Å². The number of piperidine rings is 1. The molecule has 2 aliphatic heterocycles. The smallest absolute Gasteiger partial charge is 0.324 e. The highest BCUT2D eigenvalue weighted by molar-refractivity contribution is 7.89. The van der Waals surface area contributed by atoms with Crippen molar-refractivity contribution in [1.82, 2.24) is 14.9 Å². The molecule has 1 aromatic rings.